The smallest absolute Gasteiger partial charge is 0.0471 e. The van der Waals surface area contributed by atoms with Gasteiger partial charge in [-0.1, -0.05) is 11.6 Å². The molecule has 0 bridgehead atoms. The largest absolute Gasteiger partial charge is 0.363 e. The topological polar surface area (TPSA) is 15.3 Å². The molecule has 1 saturated heterocycles. The van der Waals surface area contributed by atoms with Gasteiger partial charge in [0.2, 0.25) is 0 Å². The summed E-state index contributed by atoms with van der Waals surface area (Å²) in [7, 11) is 0. The molecule has 0 atom stereocenters. The number of nitrogens with zero attached hydrogens (tertiary/aromatic N) is 1. The Labute approximate surface area is 115 Å². The fourth-order valence-electron chi connectivity index (χ4n) is 2.55. The van der Waals surface area contributed by atoms with Crippen LogP contribution in [0.2, 0.25) is 5.02 Å². The van der Waals surface area contributed by atoms with Crippen molar-refractivity contribution in [1.82, 2.24) is 5.32 Å². The third kappa shape index (κ3) is 2.65. The summed E-state index contributed by atoms with van der Waals surface area (Å²) in [5.74, 6) is 0. The maximum atomic E-state index is 6.05. The number of nitrogens with one attached hydrogen (secondary N) is 1. The predicted molar refractivity (Wildman–Crippen MR) is 79.7 cm³/mol. The molecule has 0 aromatic heterocycles. The molecule has 0 saturated carbocycles. The van der Waals surface area contributed by atoms with E-state index in [4.69, 9.17) is 11.6 Å². The zero-order valence-electron chi connectivity index (χ0n) is 12.0. The maximum Gasteiger partial charge on any atom is 0.0471 e. The van der Waals surface area contributed by atoms with Crippen LogP contribution >= 0.6 is 11.6 Å². The number of benzene rings is 1. The predicted octanol–water partition coefficient (Wildman–Crippen LogP) is 3.62. The Kier molecular flexibility index (Phi) is 3.37. The molecule has 100 valence electrons. The second kappa shape index (κ2) is 4.43. The molecule has 0 unspecified atom stereocenters. The summed E-state index contributed by atoms with van der Waals surface area (Å²) < 4.78 is 0. The Morgan fingerprint density at radius 1 is 1.22 bits per heavy atom. The van der Waals surface area contributed by atoms with E-state index in [1.165, 1.54) is 11.3 Å². The van der Waals surface area contributed by atoms with E-state index >= 15 is 0 Å². The number of anilines is 1. The van der Waals surface area contributed by atoms with Crippen LogP contribution in [0.25, 0.3) is 0 Å². The molecule has 3 heteroatoms. The number of hydrogen-bond donors (Lipinski definition) is 1. The van der Waals surface area contributed by atoms with Crippen LogP contribution in [0, 0.1) is 6.92 Å². The van der Waals surface area contributed by atoms with E-state index in [9.17, 15) is 0 Å². The first-order valence-corrected chi connectivity index (χ1v) is 6.88. The van der Waals surface area contributed by atoms with Crippen LogP contribution in [0.4, 0.5) is 5.69 Å². The number of rotatable bonds is 1. The number of aryl methyl sites for hydroxylation is 1. The average Bonchev–Trinajstić information content (AvgIpc) is 2.23. The molecule has 1 N–H and O–H groups in total. The van der Waals surface area contributed by atoms with Crippen molar-refractivity contribution in [2.45, 2.75) is 45.7 Å². The molecule has 1 aromatic carbocycles. The number of halogens is 1. The van der Waals surface area contributed by atoms with Gasteiger partial charge in [0.15, 0.2) is 0 Å². The molecule has 2 nitrogen and oxygen atoms in total. The van der Waals surface area contributed by atoms with Crippen molar-refractivity contribution in [2.24, 2.45) is 0 Å². The Bertz CT molecular complexity index is 452. The number of hydrogen-bond acceptors (Lipinski definition) is 2. The minimum Gasteiger partial charge on any atom is -0.363 e. The van der Waals surface area contributed by atoms with Gasteiger partial charge < -0.3 is 10.2 Å². The lowest BCUT2D eigenvalue weighted by Gasteiger charge is -2.51. The van der Waals surface area contributed by atoms with Crippen molar-refractivity contribution in [3.05, 3.63) is 28.8 Å². The summed E-state index contributed by atoms with van der Waals surface area (Å²) >= 11 is 6.05. The summed E-state index contributed by atoms with van der Waals surface area (Å²) in [5.41, 5.74) is 2.79. The van der Waals surface area contributed by atoms with Crippen molar-refractivity contribution < 1.29 is 0 Å². The minimum atomic E-state index is 0.119. The monoisotopic (exact) mass is 266 g/mol. The van der Waals surface area contributed by atoms with E-state index in [2.05, 4.69) is 50.9 Å². The van der Waals surface area contributed by atoms with Crippen molar-refractivity contribution in [3.63, 3.8) is 0 Å². The van der Waals surface area contributed by atoms with Crippen LogP contribution < -0.4 is 10.2 Å². The van der Waals surface area contributed by atoms with Crippen molar-refractivity contribution >= 4 is 17.3 Å². The standard InChI is InChI=1S/C15H23ClN2/c1-11-8-12(16)6-7-13(11)18-10-14(2,3)17-9-15(18,4)5/h6-8,17H,9-10H2,1-5H3. The van der Waals surface area contributed by atoms with Gasteiger partial charge in [-0.2, -0.15) is 0 Å². The molecule has 0 spiro atoms. The third-order valence-electron chi connectivity index (χ3n) is 3.73. The van der Waals surface area contributed by atoms with Crippen LogP contribution in [-0.2, 0) is 0 Å². The van der Waals surface area contributed by atoms with Gasteiger partial charge in [0, 0.05) is 34.9 Å². The first-order valence-electron chi connectivity index (χ1n) is 6.50. The summed E-state index contributed by atoms with van der Waals surface area (Å²) in [6, 6.07) is 6.16. The van der Waals surface area contributed by atoms with Crippen LogP contribution in [0.15, 0.2) is 18.2 Å². The van der Waals surface area contributed by atoms with E-state index in [-0.39, 0.29) is 11.1 Å². The van der Waals surface area contributed by atoms with Gasteiger partial charge in [-0.3, -0.25) is 0 Å². The van der Waals surface area contributed by atoms with Gasteiger partial charge in [0.25, 0.3) is 0 Å². The van der Waals surface area contributed by atoms with E-state index in [1.807, 2.05) is 12.1 Å². The summed E-state index contributed by atoms with van der Waals surface area (Å²) in [6.45, 7) is 13.2. The highest BCUT2D eigenvalue weighted by Gasteiger charge is 2.38. The molecule has 0 radical (unpaired) electrons. The van der Waals surface area contributed by atoms with E-state index in [1.54, 1.807) is 0 Å². The van der Waals surface area contributed by atoms with E-state index in [0.717, 1.165) is 18.1 Å². The van der Waals surface area contributed by atoms with E-state index in [0.29, 0.717) is 0 Å². The summed E-state index contributed by atoms with van der Waals surface area (Å²) in [4.78, 5) is 2.50. The van der Waals surface area contributed by atoms with Crippen LogP contribution in [0.5, 0.6) is 0 Å². The molecule has 18 heavy (non-hydrogen) atoms. The van der Waals surface area contributed by atoms with Gasteiger partial charge >= 0.3 is 0 Å². The Balaban J connectivity index is 2.39. The lowest BCUT2D eigenvalue weighted by atomic mass is 9.90. The normalized spacial score (nSPS) is 22.0. The second-order valence-electron chi connectivity index (χ2n) is 6.57. The zero-order valence-corrected chi connectivity index (χ0v) is 12.7. The van der Waals surface area contributed by atoms with Gasteiger partial charge in [-0.05, 0) is 58.4 Å². The first kappa shape index (κ1) is 13.7. The van der Waals surface area contributed by atoms with E-state index < -0.39 is 0 Å². The van der Waals surface area contributed by atoms with Crippen LogP contribution in [0.3, 0.4) is 0 Å². The molecular formula is C15H23ClN2. The highest BCUT2D eigenvalue weighted by molar-refractivity contribution is 6.30. The molecule has 0 aliphatic carbocycles. The zero-order chi connectivity index (χ0) is 13.6. The molecule has 1 fully saturated rings. The van der Waals surface area contributed by atoms with Crippen molar-refractivity contribution in [3.8, 4) is 0 Å². The molecule has 0 amide bonds. The highest BCUT2D eigenvalue weighted by atomic mass is 35.5. The van der Waals surface area contributed by atoms with Gasteiger partial charge in [-0.15, -0.1) is 0 Å². The fourth-order valence-corrected chi connectivity index (χ4v) is 2.78. The number of piperazine rings is 1. The van der Waals surface area contributed by atoms with Gasteiger partial charge in [-0.25, -0.2) is 0 Å². The molecule has 1 aliphatic heterocycles. The SMILES string of the molecule is Cc1cc(Cl)ccc1N1CC(C)(C)NCC1(C)C. The Morgan fingerprint density at radius 2 is 1.89 bits per heavy atom. The maximum absolute atomic E-state index is 6.05. The molecular weight excluding hydrogens is 244 g/mol. The van der Waals surface area contributed by atoms with Crippen molar-refractivity contribution in [2.75, 3.05) is 18.0 Å². The Morgan fingerprint density at radius 3 is 2.50 bits per heavy atom. The molecule has 1 aliphatic rings. The van der Waals surface area contributed by atoms with Crippen molar-refractivity contribution in [1.29, 1.82) is 0 Å². The molecule has 1 heterocycles. The molecule has 2 rings (SSSR count). The lowest BCUT2D eigenvalue weighted by Crippen LogP contribution is -2.66. The second-order valence-corrected chi connectivity index (χ2v) is 7.00. The third-order valence-corrected chi connectivity index (χ3v) is 3.97. The lowest BCUT2D eigenvalue weighted by molar-refractivity contribution is 0.260. The summed E-state index contributed by atoms with van der Waals surface area (Å²) in [5, 5.41) is 4.42. The Hall–Kier alpha value is -0.730. The van der Waals surface area contributed by atoms with Crippen LogP contribution in [-0.4, -0.2) is 24.2 Å². The van der Waals surface area contributed by atoms with Gasteiger partial charge in [0.05, 0.1) is 0 Å². The van der Waals surface area contributed by atoms with Gasteiger partial charge in [0.1, 0.15) is 0 Å². The van der Waals surface area contributed by atoms with Crippen LogP contribution in [0.1, 0.15) is 33.3 Å². The quantitative estimate of drug-likeness (QED) is 0.835. The summed E-state index contributed by atoms with van der Waals surface area (Å²) in [6.07, 6.45) is 0. The highest BCUT2D eigenvalue weighted by Crippen LogP contribution is 2.33. The minimum absolute atomic E-state index is 0.119. The first-order chi connectivity index (χ1) is 8.21. The molecule has 1 aromatic rings. The average molecular weight is 267 g/mol. The fraction of sp³-hybridized carbons (Fsp3) is 0.600.